The number of methoxy groups -OCH3 is 1. The van der Waals surface area contributed by atoms with Gasteiger partial charge >= 0.3 is 5.69 Å². The largest absolute Gasteiger partial charge is 0.496 e. The summed E-state index contributed by atoms with van der Waals surface area (Å²) in [5, 5.41) is 4.22. The number of aromatic amines is 1. The van der Waals surface area contributed by atoms with E-state index in [2.05, 4.69) is 36.4 Å². The van der Waals surface area contributed by atoms with E-state index in [1.807, 2.05) is 25.1 Å². The van der Waals surface area contributed by atoms with Crippen LogP contribution in [0.3, 0.4) is 0 Å². The maximum Gasteiger partial charge on any atom is 0.329 e. The highest BCUT2D eigenvalue weighted by Crippen LogP contribution is 2.21. The zero-order valence-electron chi connectivity index (χ0n) is 15.1. The molecule has 3 aromatic rings. The molecule has 0 aliphatic rings. The molecule has 9 nitrogen and oxygen atoms in total. The molecule has 2 aromatic heterocycles. The van der Waals surface area contributed by atoms with Gasteiger partial charge in [-0.2, -0.15) is 10.1 Å². The van der Waals surface area contributed by atoms with Gasteiger partial charge in [-0.1, -0.05) is 22.9 Å². The number of hydrazone groups is 1. The van der Waals surface area contributed by atoms with Crippen LogP contribution in [0.25, 0.3) is 11.2 Å². The molecule has 27 heavy (non-hydrogen) atoms. The van der Waals surface area contributed by atoms with Crippen LogP contribution in [0.1, 0.15) is 18.9 Å². The van der Waals surface area contributed by atoms with Crippen molar-refractivity contribution in [2.75, 3.05) is 12.5 Å². The second-order valence-corrected chi connectivity index (χ2v) is 6.75. The molecule has 0 unspecified atom stereocenters. The Kier molecular flexibility index (Phi) is 5.45. The molecule has 3 rings (SSSR count). The van der Waals surface area contributed by atoms with Crippen molar-refractivity contribution in [1.29, 1.82) is 0 Å². The van der Waals surface area contributed by atoms with Gasteiger partial charge in [0.1, 0.15) is 5.75 Å². The first-order chi connectivity index (χ1) is 13.0. The van der Waals surface area contributed by atoms with Crippen molar-refractivity contribution in [3.05, 3.63) is 49.1 Å². The van der Waals surface area contributed by atoms with Gasteiger partial charge < -0.3 is 9.30 Å². The predicted molar refractivity (Wildman–Crippen MR) is 108 cm³/mol. The summed E-state index contributed by atoms with van der Waals surface area (Å²) >= 11 is 3.42. The molecule has 0 fully saturated rings. The Morgan fingerprint density at radius 2 is 2.19 bits per heavy atom. The lowest BCUT2D eigenvalue weighted by molar-refractivity contribution is 0.414. The molecule has 0 radical (unpaired) electrons. The third-order valence-electron chi connectivity index (χ3n) is 4.01. The molecule has 2 heterocycles. The molecule has 0 bridgehead atoms. The fourth-order valence-electron chi connectivity index (χ4n) is 2.73. The third kappa shape index (κ3) is 3.65. The quantitative estimate of drug-likeness (QED) is 0.456. The first kappa shape index (κ1) is 18.9. The fourth-order valence-corrected chi connectivity index (χ4v) is 3.11. The van der Waals surface area contributed by atoms with Crippen LogP contribution < -0.4 is 21.4 Å². The van der Waals surface area contributed by atoms with Gasteiger partial charge in [0, 0.05) is 23.6 Å². The molecular weight excluding hydrogens is 416 g/mol. The van der Waals surface area contributed by atoms with Gasteiger partial charge in [-0.15, -0.1) is 0 Å². The smallest absolute Gasteiger partial charge is 0.329 e. The van der Waals surface area contributed by atoms with Crippen LogP contribution in [0.2, 0.25) is 0 Å². The van der Waals surface area contributed by atoms with Crippen LogP contribution in [-0.4, -0.2) is 32.4 Å². The zero-order valence-corrected chi connectivity index (χ0v) is 16.7. The topological polar surface area (TPSA) is 106 Å². The standard InChI is InChI=1S/C17H19BrN6O3/c1-4-7-24-13-14(23(2)17(26)21-15(13)25)20-16(24)22-19-9-10-8-11(18)5-6-12(10)27-3/h5-6,8-9H,4,7H2,1-3H3,(H,20,22)(H,21,25,26)/b19-9+. The lowest BCUT2D eigenvalue weighted by atomic mass is 10.2. The van der Waals surface area contributed by atoms with Gasteiger partial charge in [-0.3, -0.25) is 14.3 Å². The molecule has 0 saturated heterocycles. The molecule has 10 heteroatoms. The van der Waals surface area contributed by atoms with Crippen LogP contribution in [0.4, 0.5) is 5.95 Å². The van der Waals surface area contributed by atoms with Crippen LogP contribution in [-0.2, 0) is 13.6 Å². The lowest BCUT2D eigenvalue weighted by Gasteiger charge is -2.07. The Labute approximate surface area is 162 Å². The number of imidazole rings is 1. The summed E-state index contributed by atoms with van der Waals surface area (Å²) in [7, 11) is 3.14. The number of halogens is 1. The predicted octanol–water partition coefficient (Wildman–Crippen LogP) is 2.05. The van der Waals surface area contributed by atoms with E-state index in [-0.39, 0.29) is 0 Å². The van der Waals surface area contributed by atoms with E-state index in [0.29, 0.717) is 29.4 Å². The number of aromatic nitrogens is 4. The summed E-state index contributed by atoms with van der Waals surface area (Å²) in [5.74, 6) is 1.05. The Bertz CT molecular complexity index is 1130. The average molecular weight is 435 g/mol. The Morgan fingerprint density at radius 1 is 1.41 bits per heavy atom. The number of nitrogens with one attached hydrogen (secondary N) is 2. The summed E-state index contributed by atoms with van der Waals surface area (Å²) in [4.78, 5) is 30.8. The number of H-pyrrole nitrogens is 1. The maximum atomic E-state index is 12.3. The zero-order chi connectivity index (χ0) is 19.6. The summed E-state index contributed by atoms with van der Waals surface area (Å²) in [6, 6.07) is 5.57. The number of fused-ring (bicyclic) bond motifs is 1. The molecule has 0 aliphatic carbocycles. The van der Waals surface area contributed by atoms with Crippen LogP contribution >= 0.6 is 15.9 Å². The van der Waals surface area contributed by atoms with Crippen molar-refractivity contribution >= 4 is 39.3 Å². The highest BCUT2D eigenvalue weighted by Gasteiger charge is 2.16. The Hall–Kier alpha value is -2.88. The number of hydrogen-bond donors (Lipinski definition) is 2. The first-order valence-electron chi connectivity index (χ1n) is 8.28. The second-order valence-electron chi connectivity index (χ2n) is 5.83. The summed E-state index contributed by atoms with van der Waals surface area (Å²) < 4.78 is 9.22. The Morgan fingerprint density at radius 3 is 2.89 bits per heavy atom. The van der Waals surface area contributed by atoms with Crippen LogP contribution in [0.15, 0.2) is 37.4 Å². The summed E-state index contributed by atoms with van der Waals surface area (Å²) in [5.41, 5.74) is 3.28. The molecule has 0 amide bonds. The minimum atomic E-state index is -0.512. The van der Waals surface area contributed by atoms with E-state index in [9.17, 15) is 9.59 Å². The van der Waals surface area contributed by atoms with Gasteiger partial charge in [0.2, 0.25) is 5.95 Å². The number of benzene rings is 1. The minimum Gasteiger partial charge on any atom is -0.496 e. The molecule has 0 aliphatic heterocycles. The summed E-state index contributed by atoms with van der Waals surface area (Å²) in [6.45, 7) is 2.54. The molecule has 0 saturated carbocycles. The van der Waals surface area contributed by atoms with Gasteiger partial charge in [-0.25, -0.2) is 10.2 Å². The number of aryl methyl sites for hydroxylation is 2. The van der Waals surface area contributed by atoms with E-state index >= 15 is 0 Å². The van der Waals surface area contributed by atoms with Crippen molar-refractivity contribution < 1.29 is 4.74 Å². The van der Waals surface area contributed by atoms with E-state index in [4.69, 9.17) is 4.74 Å². The van der Waals surface area contributed by atoms with Gasteiger partial charge in [-0.05, 0) is 24.6 Å². The highest BCUT2D eigenvalue weighted by atomic mass is 79.9. The highest BCUT2D eigenvalue weighted by molar-refractivity contribution is 9.10. The van der Waals surface area contributed by atoms with Crippen LogP contribution in [0.5, 0.6) is 5.75 Å². The maximum absolute atomic E-state index is 12.3. The minimum absolute atomic E-state index is 0.301. The van der Waals surface area contributed by atoms with E-state index in [0.717, 1.165) is 16.5 Å². The lowest BCUT2D eigenvalue weighted by Crippen LogP contribution is -2.29. The first-order valence-corrected chi connectivity index (χ1v) is 9.07. The van der Waals surface area contributed by atoms with Crippen molar-refractivity contribution in [2.24, 2.45) is 12.1 Å². The number of anilines is 1. The van der Waals surface area contributed by atoms with Crippen molar-refractivity contribution in [3.63, 3.8) is 0 Å². The number of hydrogen-bond acceptors (Lipinski definition) is 6. The number of ether oxygens (including phenoxy) is 1. The van der Waals surface area contributed by atoms with Crippen molar-refractivity contribution in [3.8, 4) is 5.75 Å². The summed E-state index contributed by atoms with van der Waals surface area (Å²) in [6.07, 6.45) is 2.38. The van der Waals surface area contributed by atoms with Gasteiger partial charge in [0.15, 0.2) is 11.2 Å². The second kappa shape index (κ2) is 7.78. The van der Waals surface area contributed by atoms with E-state index in [1.165, 1.54) is 4.57 Å². The molecule has 0 atom stereocenters. The molecular formula is C17H19BrN6O3. The monoisotopic (exact) mass is 434 g/mol. The molecule has 0 spiro atoms. The van der Waals surface area contributed by atoms with Crippen LogP contribution in [0, 0.1) is 0 Å². The van der Waals surface area contributed by atoms with E-state index in [1.54, 1.807) is 24.9 Å². The van der Waals surface area contributed by atoms with Crippen molar-refractivity contribution in [2.45, 2.75) is 19.9 Å². The average Bonchev–Trinajstić information content (AvgIpc) is 2.99. The molecule has 1 aromatic carbocycles. The molecule has 2 N–H and O–H groups in total. The number of rotatable bonds is 6. The molecule has 142 valence electrons. The normalized spacial score (nSPS) is 11.4. The van der Waals surface area contributed by atoms with Gasteiger partial charge in [0.25, 0.3) is 5.56 Å². The third-order valence-corrected chi connectivity index (χ3v) is 4.51. The SMILES string of the molecule is CCCn1c(N/N=C/c2cc(Br)ccc2OC)nc2c1c(=O)[nH]c(=O)n2C. The Balaban J connectivity index is 2.02. The van der Waals surface area contributed by atoms with Gasteiger partial charge in [0.05, 0.1) is 13.3 Å². The fraction of sp³-hybridized carbons (Fsp3) is 0.294. The number of nitrogens with zero attached hydrogens (tertiary/aromatic N) is 4. The van der Waals surface area contributed by atoms with E-state index < -0.39 is 11.2 Å². The van der Waals surface area contributed by atoms with Crippen molar-refractivity contribution in [1.82, 2.24) is 19.1 Å².